The van der Waals surface area contributed by atoms with Crippen molar-refractivity contribution in [2.24, 2.45) is 0 Å². The Morgan fingerprint density at radius 3 is 2.74 bits per heavy atom. The van der Waals surface area contributed by atoms with Crippen LogP contribution in [-0.4, -0.2) is 37.0 Å². The third kappa shape index (κ3) is 2.79. The van der Waals surface area contributed by atoms with Crippen LogP contribution in [0.5, 0.6) is 5.75 Å². The van der Waals surface area contributed by atoms with Crippen molar-refractivity contribution in [2.45, 2.75) is 19.4 Å². The number of fused-ring (bicyclic) bond motifs is 1. The molecule has 120 valence electrons. The summed E-state index contributed by atoms with van der Waals surface area (Å²) in [7, 11) is 0. The molecule has 0 bridgehead atoms. The molecule has 1 aromatic heterocycles. The molecular weight excluding hydrogens is 292 g/mol. The van der Waals surface area contributed by atoms with Crippen LogP contribution in [-0.2, 0) is 6.54 Å². The quantitative estimate of drug-likeness (QED) is 0.855. The number of nitrogens with zero attached hydrogens (tertiary/aromatic N) is 2. The van der Waals surface area contributed by atoms with Gasteiger partial charge in [-0.05, 0) is 37.1 Å². The number of carbonyl (C=O) groups is 1. The summed E-state index contributed by atoms with van der Waals surface area (Å²) in [5.41, 5.74) is 2.88. The van der Waals surface area contributed by atoms with Gasteiger partial charge >= 0.3 is 0 Å². The number of carbonyl (C=O) groups excluding carboxylic acids is 1. The second-order valence-electron chi connectivity index (χ2n) is 6.07. The van der Waals surface area contributed by atoms with Crippen LogP contribution in [0.4, 0.5) is 5.69 Å². The first-order chi connectivity index (χ1) is 11.3. The zero-order chi connectivity index (χ0) is 15.6. The van der Waals surface area contributed by atoms with Crippen LogP contribution in [0.1, 0.15) is 28.8 Å². The average Bonchev–Trinajstić information content (AvgIpc) is 3.24. The first kappa shape index (κ1) is 14.2. The van der Waals surface area contributed by atoms with Crippen LogP contribution in [0.2, 0.25) is 0 Å². The zero-order valence-electron chi connectivity index (χ0n) is 13.0. The van der Waals surface area contributed by atoms with Crippen LogP contribution in [0.25, 0.3) is 0 Å². The van der Waals surface area contributed by atoms with E-state index in [0.29, 0.717) is 25.3 Å². The molecule has 3 heterocycles. The summed E-state index contributed by atoms with van der Waals surface area (Å²) in [4.78, 5) is 16.8. The number of furan rings is 1. The molecule has 2 aliphatic rings. The van der Waals surface area contributed by atoms with Crippen LogP contribution >= 0.6 is 0 Å². The van der Waals surface area contributed by atoms with Crippen LogP contribution < -0.4 is 9.64 Å². The number of ether oxygens (including phenoxy) is 1. The molecule has 1 saturated heterocycles. The summed E-state index contributed by atoms with van der Waals surface area (Å²) in [5.74, 6) is 0.872. The molecule has 5 heteroatoms. The summed E-state index contributed by atoms with van der Waals surface area (Å²) in [6.07, 6.45) is 5.52. The van der Waals surface area contributed by atoms with Crippen molar-refractivity contribution in [3.8, 4) is 5.75 Å². The van der Waals surface area contributed by atoms with Gasteiger partial charge in [0, 0.05) is 30.9 Å². The second-order valence-corrected chi connectivity index (χ2v) is 6.07. The Hall–Kier alpha value is -2.43. The highest BCUT2D eigenvalue weighted by Crippen LogP contribution is 2.30. The lowest BCUT2D eigenvalue weighted by Gasteiger charge is -2.21. The maximum atomic E-state index is 12.6. The second kappa shape index (κ2) is 5.99. The lowest BCUT2D eigenvalue weighted by Crippen LogP contribution is -2.32. The molecule has 1 amide bonds. The summed E-state index contributed by atoms with van der Waals surface area (Å²) in [5, 5.41) is 0. The molecule has 0 N–H and O–H groups in total. The molecular formula is C18H20N2O3. The predicted octanol–water partition coefficient (Wildman–Crippen LogP) is 2.91. The van der Waals surface area contributed by atoms with E-state index >= 15 is 0 Å². The standard InChI is InChI=1S/C18H20N2O3/c21-18(14-5-9-22-13-14)20-8-10-23-17-4-3-16(11-15(17)12-20)19-6-1-2-7-19/h3-5,9,11,13H,1-2,6-8,10,12H2. The fourth-order valence-corrected chi connectivity index (χ4v) is 3.29. The minimum atomic E-state index is -0.0122. The average molecular weight is 312 g/mol. The zero-order valence-corrected chi connectivity index (χ0v) is 13.0. The Labute approximate surface area is 135 Å². The first-order valence-corrected chi connectivity index (χ1v) is 8.13. The number of benzene rings is 1. The molecule has 0 atom stereocenters. The van der Waals surface area contributed by atoms with Crippen LogP contribution in [0, 0.1) is 0 Å². The van der Waals surface area contributed by atoms with E-state index in [2.05, 4.69) is 17.0 Å². The molecule has 0 spiro atoms. The van der Waals surface area contributed by atoms with Crippen molar-refractivity contribution in [1.29, 1.82) is 0 Å². The molecule has 1 fully saturated rings. The van der Waals surface area contributed by atoms with Crippen LogP contribution in [0.3, 0.4) is 0 Å². The Morgan fingerprint density at radius 2 is 1.96 bits per heavy atom. The van der Waals surface area contributed by atoms with Gasteiger partial charge in [0.25, 0.3) is 5.91 Å². The summed E-state index contributed by atoms with van der Waals surface area (Å²) in [6, 6.07) is 8.03. The summed E-state index contributed by atoms with van der Waals surface area (Å²) >= 11 is 0. The number of hydrogen-bond acceptors (Lipinski definition) is 4. The van der Waals surface area contributed by atoms with Gasteiger partial charge < -0.3 is 19.0 Å². The summed E-state index contributed by atoms with van der Waals surface area (Å²) < 4.78 is 10.9. The number of amides is 1. The SMILES string of the molecule is O=C(c1ccoc1)N1CCOc2ccc(N3CCCC3)cc2C1. The van der Waals surface area contributed by atoms with Crippen LogP contribution in [0.15, 0.2) is 41.2 Å². The van der Waals surface area contributed by atoms with Gasteiger partial charge in [-0.3, -0.25) is 4.79 Å². The molecule has 0 unspecified atom stereocenters. The van der Waals surface area contributed by atoms with Crippen molar-refractivity contribution >= 4 is 11.6 Å². The van der Waals surface area contributed by atoms with E-state index < -0.39 is 0 Å². The van der Waals surface area contributed by atoms with E-state index in [-0.39, 0.29) is 5.91 Å². The van der Waals surface area contributed by atoms with Gasteiger partial charge in [0.1, 0.15) is 18.6 Å². The van der Waals surface area contributed by atoms with Gasteiger partial charge in [-0.1, -0.05) is 0 Å². The maximum absolute atomic E-state index is 12.6. The van der Waals surface area contributed by atoms with Gasteiger partial charge in [-0.15, -0.1) is 0 Å². The highest BCUT2D eigenvalue weighted by Gasteiger charge is 2.23. The van der Waals surface area contributed by atoms with E-state index in [4.69, 9.17) is 9.15 Å². The topological polar surface area (TPSA) is 45.9 Å². The highest BCUT2D eigenvalue weighted by molar-refractivity contribution is 5.93. The molecule has 5 nitrogen and oxygen atoms in total. The van der Waals surface area contributed by atoms with Gasteiger partial charge in [-0.2, -0.15) is 0 Å². The maximum Gasteiger partial charge on any atom is 0.257 e. The van der Waals surface area contributed by atoms with Gasteiger partial charge in [0.2, 0.25) is 0 Å². The first-order valence-electron chi connectivity index (χ1n) is 8.13. The molecule has 0 saturated carbocycles. The third-order valence-electron chi connectivity index (χ3n) is 4.55. The van der Waals surface area contributed by atoms with Crippen molar-refractivity contribution in [1.82, 2.24) is 4.90 Å². The Bertz CT molecular complexity index is 690. The summed E-state index contributed by atoms with van der Waals surface area (Å²) in [6.45, 7) is 3.88. The molecule has 0 aliphatic carbocycles. The van der Waals surface area contributed by atoms with E-state index in [0.717, 1.165) is 24.4 Å². The fraction of sp³-hybridized carbons (Fsp3) is 0.389. The number of anilines is 1. The lowest BCUT2D eigenvalue weighted by atomic mass is 10.1. The fourth-order valence-electron chi connectivity index (χ4n) is 3.29. The van der Waals surface area contributed by atoms with E-state index in [1.165, 1.54) is 31.1 Å². The molecule has 4 rings (SSSR count). The minimum Gasteiger partial charge on any atom is -0.491 e. The Morgan fingerprint density at radius 1 is 1.09 bits per heavy atom. The molecule has 23 heavy (non-hydrogen) atoms. The smallest absolute Gasteiger partial charge is 0.257 e. The molecule has 0 radical (unpaired) electrons. The van der Waals surface area contributed by atoms with Gasteiger partial charge in [0.05, 0.1) is 18.4 Å². The van der Waals surface area contributed by atoms with Crippen molar-refractivity contribution < 1.29 is 13.9 Å². The normalized spacial score (nSPS) is 17.6. The van der Waals surface area contributed by atoms with Crippen molar-refractivity contribution in [2.75, 3.05) is 31.1 Å². The molecule has 2 aliphatic heterocycles. The Balaban J connectivity index is 1.59. The van der Waals surface area contributed by atoms with E-state index in [1.807, 2.05) is 11.0 Å². The Kier molecular flexibility index (Phi) is 3.69. The largest absolute Gasteiger partial charge is 0.491 e. The number of rotatable bonds is 2. The highest BCUT2D eigenvalue weighted by atomic mass is 16.5. The van der Waals surface area contributed by atoms with Crippen molar-refractivity contribution in [3.05, 3.63) is 47.9 Å². The molecule has 2 aromatic rings. The van der Waals surface area contributed by atoms with E-state index in [1.54, 1.807) is 6.07 Å². The lowest BCUT2D eigenvalue weighted by molar-refractivity contribution is 0.0732. The monoisotopic (exact) mass is 312 g/mol. The molecule has 1 aromatic carbocycles. The minimum absolute atomic E-state index is 0.0122. The van der Waals surface area contributed by atoms with Gasteiger partial charge in [-0.25, -0.2) is 0 Å². The van der Waals surface area contributed by atoms with E-state index in [9.17, 15) is 4.79 Å². The number of hydrogen-bond donors (Lipinski definition) is 0. The van der Waals surface area contributed by atoms with Gasteiger partial charge in [0.15, 0.2) is 0 Å². The predicted molar refractivity (Wildman–Crippen MR) is 86.8 cm³/mol. The third-order valence-corrected chi connectivity index (χ3v) is 4.55. The van der Waals surface area contributed by atoms with Crippen molar-refractivity contribution in [3.63, 3.8) is 0 Å².